The summed E-state index contributed by atoms with van der Waals surface area (Å²) < 4.78 is 5.18. The topological polar surface area (TPSA) is 75.4 Å². The molecule has 2 aromatic rings. The minimum Gasteiger partial charge on any atom is -0.361 e. The van der Waals surface area contributed by atoms with E-state index >= 15 is 0 Å². The number of anilines is 1. The third-order valence-corrected chi connectivity index (χ3v) is 5.10. The lowest BCUT2D eigenvalue weighted by molar-refractivity contribution is 0.0589. The Morgan fingerprint density at radius 2 is 2.08 bits per heavy atom. The van der Waals surface area contributed by atoms with Crippen molar-refractivity contribution in [1.82, 2.24) is 20.0 Å². The fourth-order valence-corrected chi connectivity index (χ4v) is 3.90. The molecule has 2 aromatic heterocycles. The van der Waals surface area contributed by atoms with E-state index in [1.807, 2.05) is 11.8 Å². The molecular formula is C17H21N5O2. The highest BCUT2D eigenvalue weighted by atomic mass is 16.5. The number of carbonyl (C=O) groups is 1. The van der Waals surface area contributed by atoms with Crippen molar-refractivity contribution in [1.29, 1.82) is 0 Å². The van der Waals surface area contributed by atoms with Gasteiger partial charge in [-0.05, 0) is 32.6 Å². The molecule has 7 nitrogen and oxygen atoms in total. The van der Waals surface area contributed by atoms with Gasteiger partial charge in [0.25, 0.3) is 5.91 Å². The minimum absolute atomic E-state index is 0.0435. The minimum atomic E-state index is 0.0435. The number of piperidine rings is 1. The maximum atomic E-state index is 13.1. The molecule has 0 aliphatic carbocycles. The van der Waals surface area contributed by atoms with Crippen LogP contribution < -0.4 is 4.90 Å². The fraction of sp³-hybridized carbons (Fsp3) is 0.529. The first-order chi connectivity index (χ1) is 11.6. The summed E-state index contributed by atoms with van der Waals surface area (Å²) in [4.78, 5) is 25.9. The van der Waals surface area contributed by atoms with Gasteiger partial charge in [-0.15, -0.1) is 0 Å². The Balaban J connectivity index is 1.60. The van der Waals surface area contributed by atoms with Crippen LogP contribution in [0.4, 0.5) is 5.82 Å². The summed E-state index contributed by atoms with van der Waals surface area (Å²) in [5.41, 5.74) is 1.29. The van der Waals surface area contributed by atoms with Crippen molar-refractivity contribution in [3.63, 3.8) is 0 Å². The van der Waals surface area contributed by atoms with Crippen LogP contribution in [-0.4, -0.2) is 51.6 Å². The molecule has 5 heterocycles. The Kier molecular flexibility index (Phi) is 3.70. The molecule has 5 rings (SSSR count). The van der Waals surface area contributed by atoms with E-state index < -0.39 is 0 Å². The van der Waals surface area contributed by atoms with Crippen LogP contribution in [0.2, 0.25) is 0 Å². The molecule has 1 amide bonds. The normalized spacial score (nSPS) is 23.4. The van der Waals surface area contributed by atoms with Crippen LogP contribution in [0.3, 0.4) is 0 Å². The van der Waals surface area contributed by atoms with Crippen LogP contribution in [0.15, 0.2) is 23.1 Å². The number of nitrogens with zero attached hydrogens (tertiary/aromatic N) is 5. The Labute approximate surface area is 140 Å². The largest absolute Gasteiger partial charge is 0.361 e. The number of rotatable bonds is 2. The standard InChI is InChI=1S/C17H21N5O2/c1-11-16(12(2)24-20-11)17(23)22-9-13-3-4-14(22)10-21(8-13)15-7-18-5-6-19-15/h5-7,13-14H,3-4,8-10H2,1-2H3/t13-,14+/m1/s1. The molecular weight excluding hydrogens is 306 g/mol. The van der Waals surface area contributed by atoms with Crippen molar-refractivity contribution >= 4 is 11.7 Å². The summed E-state index contributed by atoms with van der Waals surface area (Å²) in [5.74, 6) is 1.99. The summed E-state index contributed by atoms with van der Waals surface area (Å²) in [6.07, 6.45) is 7.37. The molecule has 0 unspecified atom stereocenters. The highest BCUT2D eigenvalue weighted by molar-refractivity contribution is 5.96. The lowest BCUT2D eigenvalue weighted by Crippen LogP contribution is -2.47. The number of carbonyl (C=O) groups excluding carboxylic acids is 1. The van der Waals surface area contributed by atoms with Gasteiger partial charge in [0.15, 0.2) is 0 Å². The Morgan fingerprint density at radius 1 is 1.21 bits per heavy atom. The van der Waals surface area contributed by atoms with Crippen LogP contribution in [0.25, 0.3) is 0 Å². The van der Waals surface area contributed by atoms with Crippen LogP contribution in [0, 0.1) is 19.8 Å². The average molecular weight is 327 g/mol. The van der Waals surface area contributed by atoms with Gasteiger partial charge in [0, 0.05) is 38.1 Å². The van der Waals surface area contributed by atoms with Gasteiger partial charge in [-0.2, -0.15) is 0 Å². The average Bonchev–Trinajstić information content (AvgIpc) is 2.79. The van der Waals surface area contributed by atoms with Crippen molar-refractivity contribution in [2.24, 2.45) is 5.92 Å². The van der Waals surface area contributed by atoms with Crippen molar-refractivity contribution < 1.29 is 9.32 Å². The summed E-state index contributed by atoms with van der Waals surface area (Å²) in [5, 5.41) is 3.93. The van der Waals surface area contributed by atoms with Gasteiger partial charge in [0.1, 0.15) is 17.1 Å². The van der Waals surface area contributed by atoms with Crippen LogP contribution in [0.1, 0.15) is 34.7 Å². The maximum absolute atomic E-state index is 13.1. The van der Waals surface area contributed by atoms with E-state index in [1.165, 1.54) is 0 Å². The first-order valence-corrected chi connectivity index (χ1v) is 8.38. The van der Waals surface area contributed by atoms with Gasteiger partial charge < -0.3 is 14.3 Å². The second kappa shape index (κ2) is 5.89. The number of aryl methyl sites for hydroxylation is 2. The van der Waals surface area contributed by atoms with E-state index in [2.05, 4.69) is 20.0 Å². The molecule has 0 aromatic carbocycles. The number of amides is 1. The quantitative estimate of drug-likeness (QED) is 0.837. The van der Waals surface area contributed by atoms with Crippen LogP contribution in [0.5, 0.6) is 0 Å². The lowest BCUT2D eigenvalue weighted by atomic mass is 9.94. The molecule has 3 aliphatic rings. The van der Waals surface area contributed by atoms with Crippen molar-refractivity contribution in [3.05, 3.63) is 35.6 Å². The van der Waals surface area contributed by atoms with Crippen molar-refractivity contribution in [2.75, 3.05) is 24.5 Å². The fourth-order valence-electron chi connectivity index (χ4n) is 3.90. The van der Waals surface area contributed by atoms with E-state index in [0.717, 1.165) is 38.3 Å². The highest BCUT2D eigenvalue weighted by Crippen LogP contribution is 2.31. The molecule has 0 N–H and O–H groups in total. The van der Waals surface area contributed by atoms with Gasteiger partial charge in [-0.3, -0.25) is 9.78 Å². The van der Waals surface area contributed by atoms with Gasteiger partial charge in [0.05, 0.1) is 11.9 Å². The zero-order valence-electron chi connectivity index (χ0n) is 14.0. The molecule has 3 fully saturated rings. The number of hydrogen-bond donors (Lipinski definition) is 0. The molecule has 2 bridgehead atoms. The summed E-state index contributed by atoms with van der Waals surface area (Å²) in [6.45, 7) is 6.12. The van der Waals surface area contributed by atoms with E-state index in [1.54, 1.807) is 25.5 Å². The van der Waals surface area contributed by atoms with Gasteiger partial charge in [-0.25, -0.2) is 4.98 Å². The number of fused-ring (bicyclic) bond motifs is 4. The first kappa shape index (κ1) is 15.1. The van der Waals surface area contributed by atoms with Crippen molar-refractivity contribution in [3.8, 4) is 0 Å². The third kappa shape index (κ3) is 2.53. The van der Waals surface area contributed by atoms with E-state index in [0.29, 0.717) is 22.9 Å². The van der Waals surface area contributed by atoms with E-state index in [-0.39, 0.29) is 11.9 Å². The molecule has 7 heteroatoms. The number of hydrogen-bond acceptors (Lipinski definition) is 6. The first-order valence-electron chi connectivity index (χ1n) is 8.38. The molecule has 0 radical (unpaired) electrons. The molecule has 2 atom stereocenters. The Bertz CT molecular complexity index is 725. The summed E-state index contributed by atoms with van der Waals surface area (Å²) in [6, 6.07) is 0.187. The predicted octanol–water partition coefficient (Wildman–Crippen LogP) is 1.82. The SMILES string of the molecule is Cc1noc(C)c1C(=O)N1C[C@@H]2CC[C@H]1CN(c1cnccn1)C2. The van der Waals surface area contributed by atoms with Crippen LogP contribution >= 0.6 is 0 Å². The third-order valence-electron chi connectivity index (χ3n) is 5.10. The second-order valence-corrected chi connectivity index (χ2v) is 6.72. The van der Waals surface area contributed by atoms with Crippen molar-refractivity contribution in [2.45, 2.75) is 32.7 Å². The zero-order chi connectivity index (χ0) is 16.7. The molecule has 0 saturated carbocycles. The summed E-state index contributed by atoms with van der Waals surface area (Å²) in [7, 11) is 0. The molecule has 0 spiro atoms. The summed E-state index contributed by atoms with van der Waals surface area (Å²) >= 11 is 0. The Hall–Kier alpha value is -2.44. The molecule has 3 saturated heterocycles. The Morgan fingerprint density at radius 3 is 2.79 bits per heavy atom. The predicted molar refractivity (Wildman–Crippen MR) is 87.8 cm³/mol. The van der Waals surface area contributed by atoms with E-state index in [4.69, 9.17) is 4.52 Å². The van der Waals surface area contributed by atoms with Gasteiger partial charge in [-0.1, -0.05) is 5.16 Å². The van der Waals surface area contributed by atoms with Gasteiger partial charge in [0.2, 0.25) is 0 Å². The lowest BCUT2D eigenvalue weighted by Gasteiger charge is -2.36. The van der Waals surface area contributed by atoms with Gasteiger partial charge >= 0.3 is 0 Å². The van der Waals surface area contributed by atoms with E-state index in [9.17, 15) is 4.79 Å². The van der Waals surface area contributed by atoms with Crippen LogP contribution in [-0.2, 0) is 0 Å². The number of aromatic nitrogens is 3. The molecule has 126 valence electrons. The smallest absolute Gasteiger partial charge is 0.259 e. The second-order valence-electron chi connectivity index (χ2n) is 6.72. The highest BCUT2D eigenvalue weighted by Gasteiger charge is 2.39. The molecule has 3 aliphatic heterocycles. The zero-order valence-corrected chi connectivity index (χ0v) is 14.0. The monoisotopic (exact) mass is 327 g/mol. The molecule has 24 heavy (non-hydrogen) atoms. The maximum Gasteiger partial charge on any atom is 0.259 e.